The number of carbonyl (C=O) groups is 4. The van der Waals surface area contributed by atoms with Gasteiger partial charge in [0.25, 0.3) is 17.7 Å². The molecule has 2 aromatic carbocycles. The molecule has 0 fully saturated rings. The van der Waals surface area contributed by atoms with Crippen LogP contribution in [0.2, 0.25) is 0 Å². The van der Waals surface area contributed by atoms with Crippen LogP contribution in [0.4, 0.5) is 11.4 Å². The molecule has 0 saturated carbocycles. The molecule has 0 bridgehead atoms. The van der Waals surface area contributed by atoms with E-state index in [2.05, 4.69) is 5.32 Å². The van der Waals surface area contributed by atoms with Crippen LogP contribution in [0.5, 0.6) is 5.75 Å². The highest BCUT2D eigenvalue weighted by Gasteiger charge is 2.40. The fourth-order valence-corrected chi connectivity index (χ4v) is 3.67. The number of hydrogen-bond acceptors (Lipinski definition) is 5. The van der Waals surface area contributed by atoms with E-state index in [4.69, 9.17) is 4.74 Å². The first-order chi connectivity index (χ1) is 14.4. The van der Waals surface area contributed by atoms with Gasteiger partial charge in [-0.3, -0.25) is 24.1 Å². The van der Waals surface area contributed by atoms with Crippen molar-refractivity contribution in [3.63, 3.8) is 0 Å². The molecular weight excluding hydrogens is 386 g/mol. The highest BCUT2D eigenvalue weighted by Crippen LogP contribution is 2.35. The first-order valence-corrected chi connectivity index (χ1v) is 9.77. The van der Waals surface area contributed by atoms with E-state index in [1.54, 1.807) is 47.4 Å². The fraction of sp³-hybridized carbons (Fsp3) is 0.273. The van der Waals surface area contributed by atoms with Crippen molar-refractivity contribution in [1.29, 1.82) is 0 Å². The summed E-state index contributed by atoms with van der Waals surface area (Å²) >= 11 is 0. The van der Waals surface area contributed by atoms with Crippen molar-refractivity contribution < 1.29 is 23.9 Å². The van der Waals surface area contributed by atoms with Crippen molar-refractivity contribution in [3.8, 4) is 5.75 Å². The lowest BCUT2D eigenvalue weighted by Gasteiger charge is -2.29. The molecule has 30 heavy (non-hydrogen) atoms. The summed E-state index contributed by atoms with van der Waals surface area (Å²) in [4.78, 5) is 52.6. The fourth-order valence-electron chi connectivity index (χ4n) is 3.67. The highest BCUT2D eigenvalue weighted by molar-refractivity contribution is 6.23. The second-order valence-corrected chi connectivity index (χ2v) is 7.21. The third-order valence-electron chi connectivity index (χ3n) is 5.21. The minimum absolute atomic E-state index is 0.0597. The number of benzene rings is 2. The van der Waals surface area contributed by atoms with Gasteiger partial charge < -0.3 is 15.0 Å². The first kappa shape index (κ1) is 19.6. The van der Waals surface area contributed by atoms with Gasteiger partial charge in [0.05, 0.1) is 16.8 Å². The second kappa shape index (κ2) is 7.62. The highest BCUT2D eigenvalue weighted by atomic mass is 16.5. The molecule has 1 unspecified atom stereocenters. The maximum Gasteiger partial charge on any atom is 0.265 e. The van der Waals surface area contributed by atoms with Crippen LogP contribution in [0.25, 0.3) is 0 Å². The Hall–Kier alpha value is -3.68. The van der Waals surface area contributed by atoms with Crippen molar-refractivity contribution >= 4 is 35.0 Å². The number of imide groups is 1. The molecule has 4 rings (SSSR count). The van der Waals surface area contributed by atoms with E-state index >= 15 is 0 Å². The van der Waals surface area contributed by atoms with Gasteiger partial charge in [-0.25, -0.2) is 0 Å². The molecule has 154 valence electrons. The van der Waals surface area contributed by atoms with Crippen LogP contribution in [0, 0.1) is 0 Å². The molecule has 0 saturated heterocycles. The van der Waals surface area contributed by atoms with Crippen LogP contribution in [-0.2, 0) is 9.59 Å². The number of carbonyl (C=O) groups excluding carboxylic acids is 4. The molecule has 2 aliphatic rings. The van der Waals surface area contributed by atoms with E-state index < -0.39 is 23.8 Å². The maximum atomic E-state index is 12.8. The maximum absolute atomic E-state index is 12.8. The summed E-state index contributed by atoms with van der Waals surface area (Å²) in [5.74, 6) is -1.09. The molecule has 2 heterocycles. The van der Waals surface area contributed by atoms with Gasteiger partial charge in [-0.2, -0.15) is 0 Å². The summed E-state index contributed by atoms with van der Waals surface area (Å²) in [6, 6.07) is 10.5. The number of fused-ring (bicyclic) bond motifs is 2. The smallest absolute Gasteiger partial charge is 0.265 e. The summed E-state index contributed by atoms with van der Waals surface area (Å²) in [5.41, 5.74) is 1.70. The van der Waals surface area contributed by atoms with E-state index in [0.717, 1.165) is 11.3 Å². The summed E-state index contributed by atoms with van der Waals surface area (Å²) < 4.78 is 5.51. The van der Waals surface area contributed by atoms with Gasteiger partial charge in [0, 0.05) is 18.3 Å². The Balaban J connectivity index is 1.52. The molecule has 0 radical (unpaired) electrons. The molecule has 1 N–H and O–H groups in total. The van der Waals surface area contributed by atoms with E-state index in [1.165, 1.54) is 6.92 Å². The van der Waals surface area contributed by atoms with Crippen molar-refractivity contribution in [1.82, 2.24) is 4.90 Å². The minimum Gasteiger partial charge on any atom is -0.481 e. The monoisotopic (exact) mass is 407 g/mol. The molecule has 0 aliphatic carbocycles. The topological polar surface area (TPSA) is 96.0 Å². The van der Waals surface area contributed by atoms with Crippen molar-refractivity contribution in [2.75, 3.05) is 23.4 Å². The largest absolute Gasteiger partial charge is 0.481 e. The van der Waals surface area contributed by atoms with Crippen LogP contribution in [0.3, 0.4) is 0 Å². The lowest BCUT2D eigenvalue weighted by Crippen LogP contribution is -2.45. The number of nitrogens with zero attached hydrogens (tertiary/aromatic N) is 2. The van der Waals surface area contributed by atoms with E-state index in [9.17, 15) is 19.2 Å². The average molecular weight is 407 g/mol. The summed E-state index contributed by atoms with van der Waals surface area (Å²) in [7, 11) is 0. The first-order valence-electron chi connectivity index (χ1n) is 9.77. The van der Waals surface area contributed by atoms with Gasteiger partial charge in [-0.05, 0) is 37.6 Å². The third kappa shape index (κ3) is 3.20. The summed E-state index contributed by atoms with van der Waals surface area (Å²) in [6.45, 7) is 4.01. The Morgan fingerprint density at radius 1 is 1.10 bits per heavy atom. The molecule has 1 atom stereocenters. The van der Waals surface area contributed by atoms with Crippen molar-refractivity contribution in [3.05, 3.63) is 53.6 Å². The molecule has 0 aromatic heterocycles. The van der Waals surface area contributed by atoms with Crippen molar-refractivity contribution in [2.45, 2.75) is 26.3 Å². The minimum atomic E-state index is -0.993. The molecule has 8 nitrogen and oxygen atoms in total. The zero-order chi connectivity index (χ0) is 21.4. The van der Waals surface area contributed by atoms with Gasteiger partial charge in [-0.15, -0.1) is 0 Å². The predicted molar refractivity (Wildman–Crippen MR) is 110 cm³/mol. The van der Waals surface area contributed by atoms with Gasteiger partial charge >= 0.3 is 0 Å². The number of rotatable bonds is 5. The summed E-state index contributed by atoms with van der Waals surface area (Å²) in [6.07, 6.45) is 0.807. The van der Waals surface area contributed by atoms with Crippen LogP contribution in [-0.4, -0.2) is 47.7 Å². The summed E-state index contributed by atoms with van der Waals surface area (Å²) in [5, 5.41) is 2.73. The third-order valence-corrected chi connectivity index (χ3v) is 5.21. The van der Waals surface area contributed by atoms with E-state index in [0.29, 0.717) is 34.8 Å². The second-order valence-electron chi connectivity index (χ2n) is 7.21. The molecule has 2 aliphatic heterocycles. The molecule has 0 spiro atoms. The Bertz CT molecular complexity index is 1030. The molecule has 4 amide bonds. The Morgan fingerprint density at radius 3 is 2.40 bits per heavy atom. The predicted octanol–water partition coefficient (Wildman–Crippen LogP) is 2.45. The zero-order valence-corrected chi connectivity index (χ0v) is 16.7. The van der Waals surface area contributed by atoms with Crippen LogP contribution >= 0.6 is 0 Å². The number of amides is 4. The standard InChI is InChI=1S/C22H21N3O5/c1-3-10-24-17-9-8-14(11-18(17)30-12-19(24)26)23-20(27)13(2)25-21(28)15-6-4-5-7-16(15)22(25)29/h4-9,11,13H,3,10,12H2,1-2H3,(H,23,27). The number of hydrogen-bond donors (Lipinski definition) is 1. The van der Waals surface area contributed by atoms with E-state index in [-0.39, 0.29) is 12.5 Å². The van der Waals surface area contributed by atoms with Gasteiger partial charge in [0.1, 0.15) is 11.8 Å². The van der Waals surface area contributed by atoms with Crippen LogP contribution < -0.4 is 15.0 Å². The molecule has 8 heteroatoms. The Morgan fingerprint density at radius 2 is 1.77 bits per heavy atom. The molecular formula is C22H21N3O5. The van der Waals surface area contributed by atoms with E-state index in [1.807, 2.05) is 6.92 Å². The van der Waals surface area contributed by atoms with Gasteiger partial charge in [0.2, 0.25) is 5.91 Å². The Kier molecular flexibility index (Phi) is 4.99. The van der Waals surface area contributed by atoms with Crippen LogP contribution in [0.1, 0.15) is 41.0 Å². The van der Waals surface area contributed by atoms with Gasteiger partial charge in [-0.1, -0.05) is 19.1 Å². The SMILES string of the molecule is CCCN1C(=O)COc2cc(NC(=O)C(C)N3C(=O)c4ccccc4C3=O)ccc21. The van der Waals surface area contributed by atoms with Crippen LogP contribution in [0.15, 0.2) is 42.5 Å². The lowest BCUT2D eigenvalue weighted by molar-refractivity contribution is -0.121. The number of anilines is 2. The average Bonchev–Trinajstić information content (AvgIpc) is 3.00. The van der Waals surface area contributed by atoms with Gasteiger partial charge in [0.15, 0.2) is 6.61 Å². The number of nitrogens with one attached hydrogen (secondary N) is 1. The normalized spacial score (nSPS) is 16.1. The Labute approximate surface area is 173 Å². The number of ether oxygens (including phenoxy) is 1. The lowest BCUT2D eigenvalue weighted by atomic mass is 10.1. The quantitative estimate of drug-likeness (QED) is 0.768. The zero-order valence-electron chi connectivity index (χ0n) is 16.7. The van der Waals surface area contributed by atoms with Crippen molar-refractivity contribution in [2.24, 2.45) is 0 Å². The molecule has 2 aromatic rings.